The number of nitrogens with zero attached hydrogens (tertiary/aromatic N) is 1. The molecule has 2 aliphatic carbocycles. The van der Waals surface area contributed by atoms with Gasteiger partial charge in [0.05, 0.1) is 40.6 Å². The molecule has 12 heteroatoms. The summed E-state index contributed by atoms with van der Waals surface area (Å²) >= 11 is 0. The van der Waals surface area contributed by atoms with Crippen LogP contribution in [0.3, 0.4) is 0 Å². The topological polar surface area (TPSA) is 194 Å². The summed E-state index contributed by atoms with van der Waals surface area (Å²) < 4.78 is 12.2. The molecule has 1 aliphatic heterocycles. The van der Waals surface area contributed by atoms with Gasteiger partial charge in [-0.05, 0) is 51.2 Å². The Bertz CT molecular complexity index is 1450. The number of fused-ring (bicyclic) bond motifs is 3. The second-order valence-corrected chi connectivity index (χ2v) is 11.2. The van der Waals surface area contributed by atoms with Crippen molar-refractivity contribution in [3.8, 4) is 17.2 Å². The van der Waals surface area contributed by atoms with Gasteiger partial charge in [-0.1, -0.05) is 6.92 Å². The Hall–Kier alpha value is -3.55. The number of carboxylic acids is 1. The molecule has 0 bridgehead atoms. The van der Waals surface area contributed by atoms with E-state index in [1.54, 1.807) is 27.9 Å². The number of hydrogen-bond acceptors (Lipinski definition) is 11. The number of phenolic OH excluding ortho intramolecular Hbond substituents is 3. The molecule has 2 aromatic carbocycles. The second kappa shape index (κ2) is 10.1. The van der Waals surface area contributed by atoms with Gasteiger partial charge < -0.3 is 45.0 Å². The largest absolute Gasteiger partial charge is 0.507 e. The molecule has 7 atom stereocenters. The first-order chi connectivity index (χ1) is 19.2. The molecular weight excluding hydrogens is 538 g/mol. The number of aliphatic carboxylic acids is 1. The molecule has 12 nitrogen and oxygen atoms in total. The van der Waals surface area contributed by atoms with E-state index in [1.165, 1.54) is 6.07 Å². The van der Waals surface area contributed by atoms with Crippen molar-refractivity contribution < 1.29 is 54.5 Å². The minimum atomic E-state index is -1.92. The minimum Gasteiger partial charge on any atom is -0.507 e. The monoisotopic (exact) mass is 571 g/mol. The fourth-order valence-electron chi connectivity index (χ4n) is 6.44. The van der Waals surface area contributed by atoms with Crippen LogP contribution in [0, 0.1) is 0 Å². The zero-order valence-electron chi connectivity index (χ0n) is 23.0. The Labute approximate surface area is 235 Å². The van der Waals surface area contributed by atoms with Crippen molar-refractivity contribution in [3.05, 3.63) is 51.6 Å². The number of rotatable bonds is 5. The van der Waals surface area contributed by atoms with Gasteiger partial charge in [-0.3, -0.25) is 14.4 Å². The fourth-order valence-corrected chi connectivity index (χ4v) is 6.44. The van der Waals surface area contributed by atoms with E-state index >= 15 is 0 Å². The van der Waals surface area contributed by atoms with Gasteiger partial charge >= 0.3 is 5.97 Å². The molecule has 5 rings (SSSR count). The molecule has 1 fully saturated rings. The highest BCUT2D eigenvalue weighted by Gasteiger charge is 2.53. The van der Waals surface area contributed by atoms with E-state index in [9.17, 15) is 45.0 Å². The van der Waals surface area contributed by atoms with Crippen molar-refractivity contribution in [2.45, 2.75) is 75.3 Å². The van der Waals surface area contributed by atoms with Gasteiger partial charge in [0, 0.05) is 30.0 Å². The number of benzene rings is 2. The maximum Gasteiger partial charge on any atom is 0.314 e. The Morgan fingerprint density at radius 1 is 1.10 bits per heavy atom. The van der Waals surface area contributed by atoms with Crippen LogP contribution in [0.1, 0.15) is 88.1 Å². The van der Waals surface area contributed by atoms with Crippen LogP contribution in [0.5, 0.6) is 17.2 Å². The first kappa shape index (κ1) is 29.0. The number of ketones is 2. The van der Waals surface area contributed by atoms with Gasteiger partial charge in [-0.2, -0.15) is 0 Å². The predicted molar refractivity (Wildman–Crippen MR) is 141 cm³/mol. The number of ether oxygens (including phenoxy) is 2. The highest BCUT2D eigenvalue weighted by Crippen LogP contribution is 2.54. The highest BCUT2D eigenvalue weighted by atomic mass is 16.7. The van der Waals surface area contributed by atoms with Crippen molar-refractivity contribution >= 4 is 17.5 Å². The van der Waals surface area contributed by atoms with Crippen molar-refractivity contribution in [1.82, 2.24) is 4.90 Å². The van der Waals surface area contributed by atoms with Gasteiger partial charge in [-0.15, -0.1) is 0 Å². The Morgan fingerprint density at radius 2 is 1.71 bits per heavy atom. The van der Waals surface area contributed by atoms with Crippen molar-refractivity contribution in [1.29, 1.82) is 0 Å². The predicted octanol–water partition coefficient (Wildman–Crippen LogP) is 1.78. The van der Waals surface area contributed by atoms with Crippen LogP contribution in [0.25, 0.3) is 0 Å². The summed E-state index contributed by atoms with van der Waals surface area (Å²) in [4.78, 5) is 41.5. The number of aromatic hydroxyl groups is 3. The molecule has 0 amide bonds. The van der Waals surface area contributed by atoms with Crippen molar-refractivity contribution in [2.75, 3.05) is 14.1 Å². The third-order valence-corrected chi connectivity index (χ3v) is 8.69. The first-order valence-electron chi connectivity index (χ1n) is 13.4. The standard InChI is InChI=1S/C29H33NO11/c1-5-29(39)10-17(41-18-9-14(30(3)4)24(33)11(2)40-18)12-8-13-20(26(35)19(12)23(29)28(37)38)27(36)22-16(32)7-6-15(31)21(22)25(13)34/h6-8,11,14,17-18,23-24,31-33,35,39H,5,9-10H2,1-4H3,(H,37,38)/t11-,14-,17+,18-,23?,24+,29?/m0/s1. The van der Waals surface area contributed by atoms with E-state index in [4.69, 9.17) is 9.47 Å². The SMILES string of the molecule is CCC1(O)C[C@@H](O[C@H]2C[C@H](N(C)C)[C@H](O)[C@H](C)O2)c2cc3c(c(O)c2C1C(=O)O)C(=O)c1c(O)ccc(O)c1C3=O. The summed E-state index contributed by atoms with van der Waals surface area (Å²) in [5.74, 6) is -6.95. The molecule has 1 heterocycles. The molecule has 0 radical (unpaired) electrons. The van der Waals surface area contributed by atoms with Crippen LogP contribution < -0.4 is 0 Å². The average molecular weight is 572 g/mol. The van der Waals surface area contributed by atoms with Crippen LogP contribution in [0.4, 0.5) is 0 Å². The van der Waals surface area contributed by atoms with Gasteiger partial charge in [0.25, 0.3) is 0 Å². The second-order valence-electron chi connectivity index (χ2n) is 11.2. The van der Waals surface area contributed by atoms with E-state index < -0.39 is 87.6 Å². The molecule has 0 saturated carbocycles. The van der Waals surface area contributed by atoms with Crippen LogP contribution in [0.2, 0.25) is 0 Å². The Balaban J connectivity index is 1.69. The number of hydrogen-bond donors (Lipinski definition) is 6. The van der Waals surface area contributed by atoms with Crippen LogP contribution in [-0.2, 0) is 14.3 Å². The molecule has 0 aromatic heterocycles. The quantitative estimate of drug-likeness (QED) is 0.243. The van der Waals surface area contributed by atoms with Crippen LogP contribution >= 0.6 is 0 Å². The molecule has 1 saturated heterocycles. The average Bonchev–Trinajstić information content (AvgIpc) is 2.90. The van der Waals surface area contributed by atoms with Gasteiger partial charge in [-0.25, -0.2) is 0 Å². The van der Waals surface area contributed by atoms with Gasteiger partial charge in [0.15, 0.2) is 12.1 Å². The van der Waals surface area contributed by atoms with E-state index in [0.29, 0.717) is 0 Å². The number of carboxylic acid groups (broad SMARTS) is 1. The minimum absolute atomic E-state index is 0.0505. The fraction of sp³-hybridized carbons (Fsp3) is 0.483. The lowest BCUT2D eigenvalue weighted by atomic mass is 9.67. The summed E-state index contributed by atoms with van der Waals surface area (Å²) in [6.45, 7) is 3.26. The third-order valence-electron chi connectivity index (χ3n) is 8.69. The normalized spacial score (nSPS) is 31.0. The number of carbonyl (C=O) groups is 3. The molecule has 2 unspecified atom stereocenters. The summed E-state index contributed by atoms with van der Waals surface area (Å²) in [6, 6.07) is 3.00. The smallest absolute Gasteiger partial charge is 0.314 e. The zero-order valence-corrected chi connectivity index (χ0v) is 23.0. The van der Waals surface area contributed by atoms with Crippen LogP contribution in [-0.4, -0.2) is 97.3 Å². The lowest BCUT2D eigenvalue weighted by Gasteiger charge is -2.46. The maximum absolute atomic E-state index is 13.6. The number of phenols is 3. The molecule has 6 N–H and O–H groups in total. The van der Waals surface area contributed by atoms with E-state index in [1.807, 2.05) is 4.90 Å². The molecule has 3 aliphatic rings. The number of aliphatic hydroxyl groups excluding tert-OH is 1. The summed E-state index contributed by atoms with van der Waals surface area (Å²) in [7, 11) is 3.59. The number of aliphatic hydroxyl groups is 2. The van der Waals surface area contributed by atoms with E-state index in [2.05, 4.69) is 0 Å². The first-order valence-corrected chi connectivity index (χ1v) is 13.4. The summed E-state index contributed by atoms with van der Waals surface area (Å²) in [6.07, 6.45) is -3.48. The lowest BCUT2D eigenvalue weighted by molar-refractivity contribution is -0.258. The van der Waals surface area contributed by atoms with Crippen molar-refractivity contribution in [3.63, 3.8) is 0 Å². The van der Waals surface area contributed by atoms with E-state index in [0.717, 1.165) is 12.1 Å². The van der Waals surface area contributed by atoms with Crippen LogP contribution in [0.15, 0.2) is 18.2 Å². The highest BCUT2D eigenvalue weighted by molar-refractivity contribution is 6.31. The molecule has 0 spiro atoms. The number of likely N-dealkylation sites (N-methyl/N-ethyl adjacent to an activating group) is 1. The van der Waals surface area contributed by atoms with Crippen molar-refractivity contribution in [2.24, 2.45) is 0 Å². The zero-order chi connectivity index (χ0) is 30.1. The molecular formula is C29H33NO11. The number of carbonyl (C=O) groups excluding carboxylic acids is 2. The Kier molecular flexibility index (Phi) is 7.11. The Morgan fingerprint density at radius 3 is 2.27 bits per heavy atom. The third kappa shape index (κ3) is 4.37. The molecule has 2 aromatic rings. The van der Waals surface area contributed by atoms with E-state index in [-0.39, 0.29) is 42.0 Å². The maximum atomic E-state index is 13.6. The lowest BCUT2D eigenvalue weighted by Crippen LogP contribution is -2.54. The van der Waals surface area contributed by atoms with Gasteiger partial charge in [0.1, 0.15) is 23.2 Å². The molecule has 220 valence electrons. The summed E-state index contributed by atoms with van der Waals surface area (Å²) in [5, 5.41) is 64.6. The summed E-state index contributed by atoms with van der Waals surface area (Å²) in [5.41, 5.74) is -3.94. The molecule has 41 heavy (non-hydrogen) atoms. The van der Waals surface area contributed by atoms with Gasteiger partial charge in [0.2, 0.25) is 5.78 Å².